The van der Waals surface area contributed by atoms with Crippen LogP contribution in [0.1, 0.15) is 38.2 Å². The molecule has 2 aromatic heterocycles. The van der Waals surface area contributed by atoms with Gasteiger partial charge in [-0.3, -0.25) is 24.2 Å². The summed E-state index contributed by atoms with van der Waals surface area (Å²) in [6, 6.07) is 4.38. The molecule has 1 aliphatic heterocycles. The molecule has 3 aromatic rings. The fraction of sp³-hybridized carbons (Fsp3) is 0.273. The quantitative estimate of drug-likeness (QED) is 0.270. The lowest BCUT2D eigenvalue weighted by atomic mass is 9.87. The molecule has 47 heavy (non-hydrogen) atoms. The Morgan fingerprint density at radius 3 is 2.72 bits per heavy atom. The standard InChI is InChI=1S/C33H28ClF3N6O4/c1-3-4-5-25(34)19(2)30(31(45)41-23-14-33(36,37)15-23)42(24-12-21(11-22(35)13-24)27-17-39-18-47-27)32(46)26-6-7-29(44)43(26)28-10-20(16-38)8-9-40-28/h3-5,8-13,17-18,23,26,30H,2,6-7,14-15H2,1H3,(H,41,45)/b4-3-,25-5+/t26-,30-/m0/s1. The van der Waals surface area contributed by atoms with Crippen molar-refractivity contribution in [3.8, 4) is 17.4 Å². The van der Waals surface area contributed by atoms with Gasteiger partial charge in [-0.1, -0.05) is 30.3 Å². The minimum Gasteiger partial charge on any atom is -0.444 e. The van der Waals surface area contributed by atoms with Crippen LogP contribution < -0.4 is 15.1 Å². The molecule has 0 spiro atoms. The van der Waals surface area contributed by atoms with Gasteiger partial charge in [-0.2, -0.15) is 5.26 Å². The van der Waals surface area contributed by atoms with Crippen molar-refractivity contribution in [1.82, 2.24) is 15.3 Å². The summed E-state index contributed by atoms with van der Waals surface area (Å²) in [6.45, 7) is 5.71. The Labute approximate surface area is 272 Å². The maximum atomic E-state index is 15.3. The Morgan fingerprint density at radius 2 is 2.06 bits per heavy atom. The van der Waals surface area contributed by atoms with Gasteiger partial charge in [0.2, 0.25) is 11.8 Å². The van der Waals surface area contributed by atoms with Crippen molar-refractivity contribution >= 4 is 40.8 Å². The number of nitriles is 1. The van der Waals surface area contributed by atoms with Gasteiger partial charge in [0.15, 0.2) is 12.2 Å². The zero-order valence-electron chi connectivity index (χ0n) is 25.0. The number of halogens is 4. The van der Waals surface area contributed by atoms with Crippen molar-refractivity contribution in [2.45, 2.75) is 56.7 Å². The topological polar surface area (TPSA) is 132 Å². The molecule has 5 rings (SSSR count). The second-order valence-electron chi connectivity index (χ2n) is 11.0. The maximum Gasteiger partial charge on any atom is 0.252 e. The van der Waals surface area contributed by atoms with Crippen molar-refractivity contribution in [2.24, 2.45) is 0 Å². The lowest BCUT2D eigenvalue weighted by molar-refractivity contribution is -0.132. The van der Waals surface area contributed by atoms with Crippen LogP contribution in [0.3, 0.4) is 0 Å². The van der Waals surface area contributed by atoms with Crippen LogP contribution in [-0.4, -0.2) is 51.7 Å². The Kier molecular flexibility index (Phi) is 9.62. The third kappa shape index (κ3) is 7.12. The highest BCUT2D eigenvalue weighted by Crippen LogP contribution is 2.39. The zero-order chi connectivity index (χ0) is 33.9. The van der Waals surface area contributed by atoms with E-state index in [1.807, 2.05) is 6.07 Å². The van der Waals surface area contributed by atoms with Gasteiger partial charge >= 0.3 is 0 Å². The van der Waals surface area contributed by atoms with E-state index in [2.05, 4.69) is 21.9 Å². The van der Waals surface area contributed by atoms with Gasteiger partial charge in [-0.25, -0.2) is 23.1 Å². The third-order valence-corrected chi connectivity index (χ3v) is 8.12. The van der Waals surface area contributed by atoms with Gasteiger partial charge in [0, 0.05) is 47.8 Å². The van der Waals surface area contributed by atoms with E-state index >= 15 is 4.39 Å². The molecular weight excluding hydrogens is 637 g/mol. The minimum absolute atomic E-state index is 0.0191. The van der Waals surface area contributed by atoms with Gasteiger partial charge < -0.3 is 9.73 Å². The molecule has 1 saturated heterocycles. The molecule has 1 N–H and O–H groups in total. The predicted octanol–water partition coefficient (Wildman–Crippen LogP) is 5.81. The highest BCUT2D eigenvalue weighted by Gasteiger charge is 2.49. The van der Waals surface area contributed by atoms with Crippen LogP contribution >= 0.6 is 11.6 Å². The van der Waals surface area contributed by atoms with Crippen LogP contribution in [0.5, 0.6) is 0 Å². The van der Waals surface area contributed by atoms with Crippen LogP contribution in [0.15, 0.2) is 88.9 Å². The second-order valence-corrected chi connectivity index (χ2v) is 11.4. The van der Waals surface area contributed by atoms with Crippen LogP contribution in [0.25, 0.3) is 11.3 Å². The van der Waals surface area contributed by atoms with E-state index < -0.39 is 60.4 Å². The van der Waals surface area contributed by atoms with Crippen LogP contribution in [-0.2, 0) is 14.4 Å². The summed E-state index contributed by atoms with van der Waals surface area (Å²) in [5, 5.41) is 11.9. The van der Waals surface area contributed by atoms with E-state index in [1.165, 1.54) is 36.7 Å². The van der Waals surface area contributed by atoms with Crippen LogP contribution in [0, 0.1) is 17.1 Å². The molecule has 10 nitrogen and oxygen atoms in total. The number of aromatic nitrogens is 2. The first-order valence-electron chi connectivity index (χ1n) is 14.5. The number of hydrogen-bond acceptors (Lipinski definition) is 7. The summed E-state index contributed by atoms with van der Waals surface area (Å²) < 4.78 is 48.1. The van der Waals surface area contributed by atoms with Gasteiger partial charge in [0.1, 0.15) is 23.7 Å². The van der Waals surface area contributed by atoms with E-state index in [4.69, 9.17) is 16.0 Å². The number of allylic oxidation sites excluding steroid dienone is 3. The zero-order valence-corrected chi connectivity index (χ0v) is 25.8. The molecule has 1 aliphatic carbocycles. The molecule has 242 valence electrons. The molecule has 2 aliphatic rings. The van der Waals surface area contributed by atoms with E-state index in [1.54, 1.807) is 19.1 Å². The molecule has 0 unspecified atom stereocenters. The minimum atomic E-state index is -2.96. The Hall–Kier alpha value is -5.22. The SMILES string of the molecule is C=C(/C(Cl)=C\C=C/C)[C@@H](C(=O)NC1CC(F)(F)C1)N(C(=O)[C@@H]1CCC(=O)N1c1cc(C#N)ccn1)c1cc(F)cc(-c2cnco2)c1. The molecule has 1 saturated carbocycles. The molecule has 3 heterocycles. The summed E-state index contributed by atoms with van der Waals surface area (Å²) in [6.07, 6.45) is 7.09. The Bertz CT molecular complexity index is 1810. The molecule has 14 heteroatoms. The lowest BCUT2D eigenvalue weighted by Gasteiger charge is -2.39. The monoisotopic (exact) mass is 664 g/mol. The number of hydrogen-bond donors (Lipinski definition) is 1. The Balaban J connectivity index is 1.66. The normalized spacial score (nSPS) is 18.5. The first-order chi connectivity index (χ1) is 22.4. The third-order valence-electron chi connectivity index (χ3n) is 7.75. The number of nitrogens with one attached hydrogen (secondary N) is 1. The molecule has 0 radical (unpaired) electrons. The van der Waals surface area contributed by atoms with Crippen molar-refractivity contribution in [1.29, 1.82) is 5.26 Å². The number of anilines is 2. The van der Waals surface area contributed by atoms with Crippen molar-refractivity contribution in [3.63, 3.8) is 0 Å². The molecule has 3 amide bonds. The van der Waals surface area contributed by atoms with Gasteiger partial charge in [0.25, 0.3) is 11.8 Å². The highest BCUT2D eigenvalue weighted by molar-refractivity contribution is 6.32. The molecule has 1 aromatic carbocycles. The predicted molar refractivity (Wildman–Crippen MR) is 167 cm³/mol. The molecular formula is C33H28ClF3N6O4. The van der Waals surface area contributed by atoms with E-state index in [0.717, 1.165) is 28.3 Å². The number of pyridine rings is 1. The first-order valence-corrected chi connectivity index (χ1v) is 14.9. The average Bonchev–Trinajstić information content (AvgIpc) is 3.71. The smallest absolute Gasteiger partial charge is 0.252 e. The van der Waals surface area contributed by atoms with Crippen molar-refractivity contribution in [2.75, 3.05) is 9.80 Å². The summed E-state index contributed by atoms with van der Waals surface area (Å²) in [4.78, 5) is 52.1. The number of oxazole rings is 1. The fourth-order valence-corrected chi connectivity index (χ4v) is 5.67. The molecule has 0 bridgehead atoms. The summed E-state index contributed by atoms with van der Waals surface area (Å²) in [5.74, 6) is -5.83. The van der Waals surface area contributed by atoms with E-state index in [9.17, 15) is 28.4 Å². The van der Waals surface area contributed by atoms with Crippen molar-refractivity contribution < 1.29 is 32.0 Å². The van der Waals surface area contributed by atoms with Gasteiger partial charge in [0.05, 0.1) is 17.8 Å². The summed E-state index contributed by atoms with van der Waals surface area (Å²) in [7, 11) is 0. The Morgan fingerprint density at radius 1 is 1.30 bits per heavy atom. The van der Waals surface area contributed by atoms with E-state index in [0.29, 0.717) is 0 Å². The van der Waals surface area contributed by atoms with Gasteiger partial charge in [-0.05, 0) is 55.3 Å². The van der Waals surface area contributed by atoms with Crippen molar-refractivity contribution in [3.05, 3.63) is 95.9 Å². The number of alkyl halides is 2. The van der Waals surface area contributed by atoms with E-state index in [-0.39, 0.29) is 51.8 Å². The largest absolute Gasteiger partial charge is 0.444 e. The fourth-order valence-electron chi connectivity index (χ4n) is 5.50. The second kappa shape index (κ2) is 13.6. The van der Waals surface area contributed by atoms with Gasteiger partial charge in [-0.15, -0.1) is 0 Å². The molecule has 2 fully saturated rings. The summed E-state index contributed by atoms with van der Waals surface area (Å²) >= 11 is 6.57. The van der Waals surface area contributed by atoms with Crippen LogP contribution in [0.4, 0.5) is 24.7 Å². The number of carbonyl (C=O) groups is 3. The van der Waals surface area contributed by atoms with Crippen LogP contribution in [0.2, 0.25) is 0 Å². The molecule has 2 atom stereocenters. The number of benzene rings is 1. The lowest BCUT2D eigenvalue weighted by Crippen LogP contribution is -2.59. The number of rotatable bonds is 10. The number of amides is 3. The number of carbonyl (C=O) groups excluding carboxylic acids is 3. The first kappa shape index (κ1) is 33.2. The summed E-state index contributed by atoms with van der Waals surface area (Å²) in [5.41, 5.74) is 0.100. The number of nitrogens with zero attached hydrogens (tertiary/aromatic N) is 5. The average molecular weight is 665 g/mol. The maximum absolute atomic E-state index is 15.3. The highest BCUT2D eigenvalue weighted by atomic mass is 35.5.